The van der Waals surface area contributed by atoms with Crippen LogP contribution in [-0.2, 0) is 13.1 Å². The molecule has 0 radical (unpaired) electrons. The third-order valence-corrected chi connectivity index (χ3v) is 5.69. The van der Waals surface area contributed by atoms with Gasteiger partial charge in [-0.25, -0.2) is 9.13 Å². The van der Waals surface area contributed by atoms with E-state index in [1.54, 1.807) is 7.11 Å². The summed E-state index contributed by atoms with van der Waals surface area (Å²) in [5.41, 5.74) is 6.19. The van der Waals surface area contributed by atoms with Crippen LogP contribution in [0.3, 0.4) is 0 Å². The van der Waals surface area contributed by atoms with Gasteiger partial charge in [-0.05, 0) is 47.5 Å². The number of aromatic nitrogens is 2. The van der Waals surface area contributed by atoms with Gasteiger partial charge in [-0.2, -0.15) is 0 Å². The molecule has 5 rings (SSSR count). The maximum Gasteiger partial charge on any atom is 0.290 e. The van der Waals surface area contributed by atoms with Crippen LogP contribution in [0.25, 0.3) is 22.4 Å². The van der Waals surface area contributed by atoms with E-state index in [-0.39, 0.29) is 17.0 Å². The highest BCUT2D eigenvalue weighted by atomic mass is 79.9. The van der Waals surface area contributed by atoms with E-state index in [1.807, 2.05) is 12.1 Å². The minimum Gasteiger partial charge on any atom is -1.00 e. The van der Waals surface area contributed by atoms with Crippen molar-refractivity contribution in [3.05, 3.63) is 120 Å². The lowest BCUT2D eigenvalue weighted by Gasteiger charge is -2.08. The van der Waals surface area contributed by atoms with Gasteiger partial charge in [-0.3, -0.25) is 0 Å². The smallest absolute Gasteiger partial charge is 0.290 e. The summed E-state index contributed by atoms with van der Waals surface area (Å²) < 4.78 is 10.3. The SMILES string of the molecule is COc1ccc(-c2n(Cc3ccccc3)c3ccccc3[n+]2Cc2ccccc2)cc1.[Br-]. The van der Waals surface area contributed by atoms with Crippen molar-refractivity contribution in [2.24, 2.45) is 0 Å². The highest BCUT2D eigenvalue weighted by Crippen LogP contribution is 2.27. The van der Waals surface area contributed by atoms with E-state index in [4.69, 9.17) is 4.74 Å². The van der Waals surface area contributed by atoms with Crippen LogP contribution in [0.4, 0.5) is 0 Å². The van der Waals surface area contributed by atoms with Gasteiger partial charge in [0.15, 0.2) is 11.0 Å². The van der Waals surface area contributed by atoms with Crippen LogP contribution in [0, 0.1) is 0 Å². The van der Waals surface area contributed by atoms with Gasteiger partial charge in [0.1, 0.15) is 18.8 Å². The molecular formula is C28H25BrN2O. The van der Waals surface area contributed by atoms with Crippen molar-refractivity contribution in [1.82, 2.24) is 4.57 Å². The number of rotatable bonds is 6. The molecule has 0 amide bonds. The van der Waals surface area contributed by atoms with Crippen molar-refractivity contribution in [3.63, 3.8) is 0 Å². The Bertz CT molecular complexity index is 1220. The molecule has 0 aliphatic rings. The molecule has 160 valence electrons. The van der Waals surface area contributed by atoms with E-state index < -0.39 is 0 Å². The number of fused-ring (bicyclic) bond motifs is 1. The first-order valence-corrected chi connectivity index (χ1v) is 10.6. The summed E-state index contributed by atoms with van der Waals surface area (Å²) in [7, 11) is 1.71. The van der Waals surface area contributed by atoms with Gasteiger partial charge in [0, 0.05) is 0 Å². The predicted molar refractivity (Wildman–Crippen MR) is 125 cm³/mol. The Hall–Kier alpha value is -3.37. The van der Waals surface area contributed by atoms with Gasteiger partial charge in [0.25, 0.3) is 5.82 Å². The Labute approximate surface area is 199 Å². The second-order valence-corrected chi connectivity index (χ2v) is 7.68. The summed E-state index contributed by atoms with van der Waals surface area (Å²) in [5.74, 6) is 2.06. The second kappa shape index (κ2) is 9.84. The molecule has 1 aromatic heterocycles. The fourth-order valence-electron chi connectivity index (χ4n) is 4.20. The minimum atomic E-state index is 0. The van der Waals surface area contributed by atoms with Crippen LogP contribution < -0.4 is 26.3 Å². The first kappa shape index (κ1) is 21.8. The van der Waals surface area contributed by atoms with Crippen LogP contribution in [0.15, 0.2) is 109 Å². The topological polar surface area (TPSA) is 18.0 Å². The van der Waals surface area contributed by atoms with Crippen LogP contribution in [0.1, 0.15) is 11.1 Å². The molecule has 0 saturated carbocycles. The molecule has 0 saturated heterocycles. The summed E-state index contributed by atoms with van der Waals surface area (Å²) in [6.45, 7) is 1.62. The van der Waals surface area contributed by atoms with Gasteiger partial charge in [0.2, 0.25) is 0 Å². The van der Waals surface area contributed by atoms with E-state index in [0.717, 1.165) is 18.8 Å². The van der Waals surface area contributed by atoms with Crippen LogP contribution in [0.2, 0.25) is 0 Å². The standard InChI is InChI=1S/C28H25N2O.BrH/c1-31-25-18-16-24(17-19-25)28-29(20-22-10-4-2-5-11-22)26-14-8-9-15-27(26)30(28)21-23-12-6-3-7-13-23;/h2-19H,20-21H2,1H3;1H/q+1;/p-1. The van der Waals surface area contributed by atoms with Crippen molar-refractivity contribution >= 4 is 11.0 Å². The molecule has 5 aromatic rings. The van der Waals surface area contributed by atoms with Gasteiger partial charge in [-0.1, -0.05) is 72.8 Å². The van der Waals surface area contributed by atoms with Gasteiger partial charge < -0.3 is 21.7 Å². The number of methoxy groups -OCH3 is 1. The fraction of sp³-hybridized carbons (Fsp3) is 0.107. The summed E-state index contributed by atoms with van der Waals surface area (Å²) >= 11 is 0. The van der Waals surface area contributed by atoms with Crippen molar-refractivity contribution < 1.29 is 26.3 Å². The molecule has 4 heteroatoms. The lowest BCUT2D eigenvalue weighted by Crippen LogP contribution is -3.00. The van der Waals surface area contributed by atoms with E-state index in [1.165, 1.54) is 33.5 Å². The Balaban J connectivity index is 0.00000245. The fourth-order valence-corrected chi connectivity index (χ4v) is 4.20. The Kier molecular flexibility index (Phi) is 6.72. The van der Waals surface area contributed by atoms with Crippen molar-refractivity contribution in [2.45, 2.75) is 13.1 Å². The van der Waals surface area contributed by atoms with Gasteiger partial charge in [-0.15, -0.1) is 0 Å². The van der Waals surface area contributed by atoms with Crippen LogP contribution in [0.5, 0.6) is 5.75 Å². The summed E-state index contributed by atoms with van der Waals surface area (Å²) in [6.07, 6.45) is 0. The normalized spacial score (nSPS) is 10.7. The monoisotopic (exact) mass is 484 g/mol. The van der Waals surface area contributed by atoms with E-state index in [2.05, 4.69) is 106 Å². The molecular weight excluding hydrogens is 460 g/mol. The maximum absolute atomic E-state index is 5.40. The van der Waals surface area contributed by atoms with Crippen LogP contribution in [-0.4, -0.2) is 11.7 Å². The number of benzene rings is 4. The zero-order valence-corrected chi connectivity index (χ0v) is 19.6. The molecule has 0 unspecified atom stereocenters. The molecule has 1 heterocycles. The molecule has 0 aliphatic carbocycles. The number of para-hydroxylation sites is 2. The Morgan fingerprint density at radius 2 is 1.28 bits per heavy atom. The summed E-state index contributed by atoms with van der Waals surface area (Å²) in [5, 5.41) is 0. The van der Waals surface area contributed by atoms with E-state index in [9.17, 15) is 0 Å². The average molecular weight is 485 g/mol. The molecule has 3 nitrogen and oxygen atoms in total. The minimum absolute atomic E-state index is 0. The van der Waals surface area contributed by atoms with Crippen molar-refractivity contribution in [3.8, 4) is 17.1 Å². The van der Waals surface area contributed by atoms with Crippen molar-refractivity contribution in [1.29, 1.82) is 0 Å². The average Bonchev–Trinajstić information content (AvgIpc) is 3.13. The highest BCUT2D eigenvalue weighted by Gasteiger charge is 2.26. The third-order valence-electron chi connectivity index (χ3n) is 5.69. The van der Waals surface area contributed by atoms with Crippen LogP contribution >= 0.6 is 0 Å². The molecule has 0 atom stereocenters. The zero-order valence-electron chi connectivity index (χ0n) is 18.0. The molecule has 0 spiro atoms. The molecule has 4 aromatic carbocycles. The quantitative estimate of drug-likeness (QED) is 0.339. The number of ether oxygens (including phenoxy) is 1. The summed E-state index contributed by atoms with van der Waals surface area (Å²) in [4.78, 5) is 0. The first-order chi connectivity index (χ1) is 15.3. The van der Waals surface area contributed by atoms with Gasteiger partial charge in [0.05, 0.1) is 12.7 Å². The summed E-state index contributed by atoms with van der Waals surface area (Å²) in [6, 6.07) is 38.3. The number of halogens is 1. The largest absolute Gasteiger partial charge is 1.00 e. The third kappa shape index (κ3) is 4.32. The molecule has 0 fully saturated rings. The molecule has 0 aliphatic heterocycles. The van der Waals surface area contributed by atoms with Crippen molar-refractivity contribution in [2.75, 3.05) is 7.11 Å². The van der Waals surface area contributed by atoms with Gasteiger partial charge >= 0.3 is 0 Å². The zero-order chi connectivity index (χ0) is 21.0. The van der Waals surface area contributed by atoms with E-state index in [0.29, 0.717) is 0 Å². The maximum atomic E-state index is 5.40. The van der Waals surface area contributed by atoms with E-state index >= 15 is 0 Å². The number of imidazole rings is 1. The Morgan fingerprint density at radius 3 is 1.94 bits per heavy atom. The first-order valence-electron chi connectivity index (χ1n) is 10.6. The molecule has 0 N–H and O–H groups in total. The lowest BCUT2D eigenvalue weighted by molar-refractivity contribution is -0.651. The number of hydrogen-bond acceptors (Lipinski definition) is 1. The number of nitrogens with zero attached hydrogens (tertiary/aromatic N) is 2. The number of hydrogen-bond donors (Lipinski definition) is 0. The molecule has 0 bridgehead atoms. The Morgan fingerprint density at radius 1 is 0.688 bits per heavy atom. The second-order valence-electron chi connectivity index (χ2n) is 7.68. The lowest BCUT2D eigenvalue weighted by atomic mass is 10.1. The predicted octanol–water partition coefficient (Wildman–Crippen LogP) is 2.71. The molecule has 32 heavy (non-hydrogen) atoms. The highest BCUT2D eigenvalue weighted by molar-refractivity contribution is 5.76.